The molecule has 1 aliphatic rings. The van der Waals surface area contributed by atoms with Crippen molar-refractivity contribution < 1.29 is 9.90 Å². The molecule has 0 atom stereocenters. The van der Waals surface area contributed by atoms with E-state index in [-0.39, 0.29) is 11.7 Å². The predicted molar refractivity (Wildman–Crippen MR) is 81.3 cm³/mol. The number of aromatic hydroxyl groups is 1. The summed E-state index contributed by atoms with van der Waals surface area (Å²) in [6.07, 6.45) is 11.5. The van der Waals surface area contributed by atoms with Crippen molar-refractivity contribution in [3.63, 3.8) is 0 Å². The van der Waals surface area contributed by atoms with Gasteiger partial charge in [-0.3, -0.25) is 4.79 Å². The number of hydrogen-bond acceptors (Lipinski definition) is 2. The molecule has 106 valence electrons. The molecule has 0 saturated carbocycles. The Morgan fingerprint density at radius 1 is 1.25 bits per heavy atom. The molecule has 3 heteroatoms. The number of amides is 1. The lowest BCUT2D eigenvalue weighted by Gasteiger charge is -2.12. The highest BCUT2D eigenvalue weighted by atomic mass is 16.3. The first-order chi connectivity index (χ1) is 9.74. The summed E-state index contributed by atoms with van der Waals surface area (Å²) in [4.78, 5) is 11.7. The molecule has 0 bridgehead atoms. The molecule has 2 N–H and O–H groups in total. The van der Waals surface area contributed by atoms with Crippen molar-refractivity contribution in [2.75, 3.05) is 6.54 Å². The van der Waals surface area contributed by atoms with Crippen LogP contribution in [0.25, 0.3) is 6.08 Å². The number of benzene rings is 1. The summed E-state index contributed by atoms with van der Waals surface area (Å²) in [5.41, 5.74) is 2.37. The van der Waals surface area contributed by atoms with E-state index in [2.05, 4.69) is 11.4 Å². The molecule has 0 saturated heterocycles. The molecule has 1 aliphatic carbocycles. The van der Waals surface area contributed by atoms with Crippen LogP contribution in [-0.4, -0.2) is 17.6 Å². The highest BCUT2D eigenvalue weighted by molar-refractivity contribution is 5.91. The third kappa shape index (κ3) is 4.92. The second-order valence-corrected chi connectivity index (χ2v) is 5.07. The molecule has 1 aromatic carbocycles. The molecule has 0 aliphatic heterocycles. The third-order valence-electron chi connectivity index (χ3n) is 3.45. The van der Waals surface area contributed by atoms with E-state index in [1.807, 2.05) is 0 Å². The van der Waals surface area contributed by atoms with E-state index in [9.17, 15) is 4.79 Å². The molecule has 0 unspecified atom stereocenters. The minimum Gasteiger partial charge on any atom is -0.508 e. The number of carbonyl (C=O) groups is 1. The number of carbonyl (C=O) groups excluding carboxylic acids is 1. The van der Waals surface area contributed by atoms with Gasteiger partial charge in [0, 0.05) is 12.6 Å². The Balaban J connectivity index is 1.72. The van der Waals surface area contributed by atoms with Gasteiger partial charge in [0.15, 0.2) is 0 Å². The zero-order valence-electron chi connectivity index (χ0n) is 11.6. The maximum Gasteiger partial charge on any atom is 0.244 e. The molecule has 1 aromatic rings. The van der Waals surface area contributed by atoms with E-state index in [1.54, 1.807) is 30.3 Å². The van der Waals surface area contributed by atoms with Crippen molar-refractivity contribution in [2.45, 2.75) is 32.1 Å². The Hall–Kier alpha value is -2.03. The molecule has 0 aromatic heterocycles. The predicted octanol–water partition coefficient (Wildman–Crippen LogP) is 3.41. The van der Waals surface area contributed by atoms with Crippen molar-refractivity contribution in [3.8, 4) is 5.75 Å². The van der Waals surface area contributed by atoms with Gasteiger partial charge in [0.25, 0.3) is 0 Å². The third-order valence-corrected chi connectivity index (χ3v) is 3.45. The average Bonchev–Trinajstić information content (AvgIpc) is 2.48. The highest BCUT2D eigenvalue weighted by Crippen LogP contribution is 2.19. The number of phenolic OH excluding ortho intramolecular Hbond substituents is 1. The standard InChI is InChI=1S/C17H21NO2/c19-16-9-6-15(7-10-16)8-11-17(20)18-13-12-14-4-2-1-3-5-14/h4,6-11,19H,1-3,5,12-13H2,(H,18,20)/b11-8+. The van der Waals surface area contributed by atoms with E-state index >= 15 is 0 Å². The van der Waals surface area contributed by atoms with Crippen LogP contribution >= 0.6 is 0 Å². The van der Waals surface area contributed by atoms with E-state index in [0.717, 1.165) is 12.0 Å². The first-order valence-electron chi connectivity index (χ1n) is 7.17. The van der Waals surface area contributed by atoms with Crippen LogP contribution in [0.15, 0.2) is 42.0 Å². The normalized spacial score (nSPS) is 15.1. The second-order valence-electron chi connectivity index (χ2n) is 5.07. The largest absolute Gasteiger partial charge is 0.508 e. The van der Waals surface area contributed by atoms with Crippen LogP contribution in [0.2, 0.25) is 0 Å². The number of rotatable bonds is 5. The highest BCUT2D eigenvalue weighted by Gasteiger charge is 2.03. The lowest BCUT2D eigenvalue weighted by molar-refractivity contribution is -0.116. The van der Waals surface area contributed by atoms with Crippen molar-refractivity contribution in [1.29, 1.82) is 0 Å². The topological polar surface area (TPSA) is 49.3 Å². The number of nitrogens with one attached hydrogen (secondary N) is 1. The van der Waals surface area contributed by atoms with Gasteiger partial charge in [-0.25, -0.2) is 0 Å². The number of allylic oxidation sites excluding steroid dienone is 1. The summed E-state index contributed by atoms with van der Waals surface area (Å²) in [5, 5.41) is 12.1. The SMILES string of the molecule is O=C(/C=C/c1ccc(O)cc1)NCCC1=CCCCC1. The summed E-state index contributed by atoms with van der Waals surface area (Å²) in [6.45, 7) is 0.699. The maximum absolute atomic E-state index is 11.7. The Morgan fingerprint density at radius 2 is 2.05 bits per heavy atom. The monoisotopic (exact) mass is 271 g/mol. The fourth-order valence-electron chi connectivity index (χ4n) is 2.29. The average molecular weight is 271 g/mol. The smallest absolute Gasteiger partial charge is 0.244 e. The summed E-state index contributed by atoms with van der Waals surface area (Å²) in [7, 11) is 0. The van der Waals surface area contributed by atoms with Crippen molar-refractivity contribution in [1.82, 2.24) is 5.32 Å². The number of phenols is 1. The van der Waals surface area contributed by atoms with Gasteiger partial charge in [0.2, 0.25) is 5.91 Å². The van der Waals surface area contributed by atoms with Gasteiger partial charge in [-0.2, -0.15) is 0 Å². The van der Waals surface area contributed by atoms with E-state index in [4.69, 9.17) is 5.11 Å². The fraction of sp³-hybridized carbons (Fsp3) is 0.353. The van der Waals surface area contributed by atoms with E-state index < -0.39 is 0 Å². The molecule has 1 amide bonds. The second kappa shape index (κ2) is 7.53. The molecule has 0 spiro atoms. The lowest BCUT2D eigenvalue weighted by Crippen LogP contribution is -2.22. The van der Waals surface area contributed by atoms with Crippen LogP contribution in [0.3, 0.4) is 0 Å². The van der Waals surface area contributed by atoms with Gasteiger partial charge in [-0.1, -0.05) is 23.8 Å². The molecule has 3 nitrogen and oxygen atoms in total. The van der Waals surface area contributed by atoms with Crippen LogP contribution < -0.4 is 5.32 Å². The molecule has 0 radical (unpaired) electrons. The Bertz CT molecular complexity index is 500. The van der Waals surface area contributed by atoms with E-state index in [1.165, 1.54) is 37.3 Å². The first-order valence-corrected chi connectivity index (χ1v) is 7.17. The Kier molecular flexibility index (Phi) is 5.42. The summed E-state index contributed by atoms with van der Waals surface area (Å²) >= 11 is 0. The lowest BCUT2D eigenvalue weighted by atomic mass is 9.97. The van der Waals surface area contributed by atoms with Gasteiger partial charge in [0.05, 0.1) is 0 Å². The van der Waals surface area contributed by atoms with Crippen LogP contribution in [-0.2, 0) is 4.79 Å². The molecule has 2 rings (SSSR count). The van der Waals surface area contributed by atoms with Crippen molar-refractivity contribution in [3.05, 3.63) is 47.6 Å². The van der Waals surface area contributed by atoms with Crippen LogP contribution in [0.5, 0.6) is 5.75 Å². The summed E-state index contributed by atoms with van der Waals surface area (Å²) in [5.74, 6) is 0.154. The van der Waals surface area contributed by atoms with Crippen LogP contribution in [0, 0.1) is 0 Å². The van der Waals surface area contributed by atoms with Gasteiger partial charge >= 0.3 is 0 Å². The van der Waals surface area contributed by atoms with Crippen LogP contribution in [0.1, 0.15) is 37.7 Å². The van der Waals surface area contributed by atoms with Crippen LogP contribution in [0.4, 0.5) is 0 Å². The first kappa shape index (κ1) is 14.4. The Labute approximate surface area is 120 Å². The molecule has 0 fully saturated rings. The summed E-state index contributed by atoms with van der Waals surface area (Å²) in [6, 6.07) is 6.75. The minimum absolute atomic E-state index is 0.0746. The number of hydrogen-bond donors (Lipinski definition) is 2. The fourth-order valence-corrected chi connectivity index (χ4v) is 2.29. The Morgan fingerprint density at radius 3 is 2.75 bits per heavy atom. The quantitative estimate of drug-likeness (QED) is 0.637. The molecule has 0 heterocycles. The van der Waals surface area contributed by atoms with Gasteiger partial charge < -0.3 is 10.4 Å². The summed E-state index contributed by atoms with van der Waals surface area (Å²) < 4.78 is 0. The minimum atomic E-state index is -0.0746. The molecular weight excluding hydrogens is 250 g/mol. The molecular formula is C17H21NO2. The van der Waals surface area contributed by atoms with Crippen molar-refractivity contribution in [2.24, 2.45) is 0 Å². The zero-order valence-corrected chi connectivity index (χ0v) is 11.6. The van der Waals surface area contributed by atoms with Crippen molar-refractivity contribution >= 4 is 12.0 Å². The molecule has 20 heavy (non-hydrogen) atoms. The van der Waals surface area contributed by atoms with E-state index in [0.29, 0.717) is 6.54 Å². The maximum atomic E-state index is 11.7. The van der Waals surface area contributed by atoms with Gasteiger partial charge in [-0.15, -0.1) is 0 Å². The van der Waals surface area contributed by atoms with Gasteiger partial charge in [0.1, 0.15) is 5.75 Å². The van der Waals surface area contributed by atoms with Gasteiger partial charge in [-0.05, 0) is 55.9 Å². The zero-order chi connectivity index (χ0) is 14.2.